The van der Waals surface area contributed by atoms with Gasteiger partial charge >= 0.3 is 0 Å². The molecule has 0 fully saturated rings. The molecule has 0 bridgehead atoms. The van der Waals surface area contributed by atoms with E-state index in [0.29, 0.717) is 0 Å². The molecule has 1 aromatic heterocycles. The summed E-state index contributed by atoms with van der Waals surface area (Å²) in [5.74, 6) is 0. The third-order valence-corrected chi connectivity index (χ3v) is 0.478. The van der Waals surface area contributed by atoms with Crippen LogP contribution in [0.4, 0.5) is 0 Å². The van der Waals surface area contributed by atoms with Gasteiger partial charge in [0, 0.05) is 44.3 Å². The Bertz CT molecular complexity index is 81.6. The van der Waals surface area contributed by atoms with Crippen LogP contribution in [0, 0.1) is 0 Å². The first-order valence-electron chi connectivity index (χ1n) is 1.70. The monoisotopic (exact) mass is 182 g/mol. The second kappa shape index (κ2) is 3.88. The van der Waals surface area contributed by atoms with E-state index in [1.54, 1.807) is 24.8 Å². The maximum Gasteiger partial charge on any atom is 0.0451 e. The summed E-state index contributed by atoms with van der Waals surface area (Å²) >= 11 is 0. The minimum Gasteiger partial charge on any atom is -0.262 e. The van der Waals surface area contributed by atoms with E-state index in [9.17, 15) is 0 Å². The zero-order valence-electron chi connectivity index (χ0n) is 3.56. The smallest absolute Gasteiger partial charge is 0.0451 e. The van der Waals surface area contributed by atoms with Gasteiger partial charge in [-0.1, -0.05) is 0 Å². The molecule has 0 unspecified atom stereocenters. The van der Waals surface area contributed by atoms with Crippen LogP contribution in [-0.2, 0) is 19.5 Å². The number of rotatable bonds is 0. The largest absolute Gasteiger partial charge is 0.262 e. The Kier molecular flexibility index (Phi) is 3.71. The van der Waals surface area contributed by atoms with Crippen LogP contribution in [0.25, 0.3) is 0 Å². The molecule has 1 heterocycles. The van der Waals surface area contributed by atoms with Gasteiger partial charge in [0.15, 0.2) is 0 Å². The first kappa shape index (κ1) is 6.70. The molecular weight excluding hydrogens is 177 g/mol. The van der Waals surface area contributed by atoms with Crippen molar-refractivity contribution < 1.29 is 19.5 Å². The molecule has 0 radical (unpaired) electrons. The molecule has 7 heavy (non-hydrogen) atoms. The van der Waals surface area contributed by atoms with Crippen LogP contribution in [0.5, 0.6) is 0 Å². The predicted molar refractivity (Wildman–Crippen MR) is 22.0 cm³/mol. The standard InChI is InChI=1S/C4H4N2.Ru/c1-2-6-4-3-5-1;/h1-4H;. The normalized spacial score (nSPS) is 6.86. The van der Waals surface area contributed by atoms with E-state index in [1.165, 1.54) is 0 Å². The molecule has 0 aliphatic carbocycles. The predicted octanol–water partition coefficient (Wildman–Crippen LogP) is 0.474. The fourth-order valence-corrected chi connectivity index (χ4v) is 0.253. The van der Waals surface area contributed by atoms with E-state index in [1.807, 2.05) is 0 Å². The van der Waals surface area contributed by atoms with Gasteiger partial charge in [-0.2, -0.15) is 0 Å². The fraction of sp³-hybridized carbons (Fsp3) is 0. The molecule has 0 aliphatic rings. The third kappa shape index (κ3) is 2.40. The molecule has 0 aliphatic heterocycles. The van der Waals surface area contributed by atoms with Crippen LogP contribution >= 0.6 is 0 Å². The van der Waals surface area contributed by atoms with Crippen LogP contribution in [0.3, 0.4) is 0 Å². The summed E-state index contributed by atoms with van der Waals surface area (Å²) in [4.78, 5) is 7.44. The molecule has 0 amide bonds. The van der Waals surface area contributed by atoms with Crippen molar-refractivity contribution in [2.45, 2.75) is 0 Å². The van der Waals surface area contributed by atoms with Gasteiger partial charge in [0.2, 0.25) is 0 Å². The molecule has 1 aromatic rings. The Morgan fingerprint density at radius 1 is 0.714 bits per heavy atom. The Hall–Kier alpha value is -0.297. The molecule has 0 saturated heterocycles. The van der Waals surface area contributed by atoms with Crippen molar-refractivity contribution in [2.75, 3.05) is 0 Å². The number of aromatic nitrogens is 2. The summed E-state index contributed by atoms with van der Waals surface area (Å²) in [5, 5.41) is 0. The van der Waals surface area contributed by atoms with Gasteiger partial charge in [-0.25, -0.2) is 0 Å². The zero-order valence-corrected chi connectivity index (χ0v) is 5.30. The van der Waals surface area contributed by atoms with Crippen LogP contribution in [0.2, 0.25) is 0 Å². The van der Waals surface area contributed by atoms with E-state index >= 15 is 0 Å². The van der Waals surface area contributed by atoms with Crippen molar-refractivity contribution >= 4 is 0 Å². The Morgan fingerprint density at radius 3 is 1.14 bits per heavy atom. The summed E-state index contributed by atoms with van der Waals surface area (Å²) in [6.45, 7) is 0. The topological polar surface area (TPSA) is 25.8 Å². The van der Waals surface area contributed by atoms with Crippen LogP contribution < -0.4 is 0 Å². The van der Waals surface area contributed by atoms with Gasteiger partial charge in [-0.3, -0.25) is 9.97 Å². The second-order valence-corrected chi connectivity index (χ2v) is 0.894. The van der Waals surface area contributed by atoms with Crippen LogP contribution in [0.15, 0.2) is 24.8 Å². The Labute approximate surface area is 54.8 Å². The molecule has 2 nitrogen and oxygen atoms in total. The van der Waals surface area contributed by atoms with Crippen molar-refractivity contribution in [2.24, 2.45) is 0 Å². The number of nitrogens with zero attached hydrogens (tertiary/aromatic N) is 2. The quantitative estimate of drug-likeness (QED) is 0.544. The summed E-state index contributed by atoms with van der Waals surface area (Å²) in [6.07, 6.45) is 6.56. The summed E-state index contributed by atoms with van der Waals surface area (Å²) < 4.78 is 0. The van der Waals surface area contributed by atoms with Crippen molar-refractivity contribution in [1.82, 2.24) is 9.97 Å². The maximum absolute atomic E-state index is 3.72. The van der Waals surface area contributed by atoms with E-state index in [0.717, 1.165) is 0 Å². The first-order valence-corrected chi connectivity index (χ1v) is 1.70. The summed E-state index contributed by atoms with van der Waals surface area (Å²) in [6, 6.07) is 0. The second-order valence-electron chi connectivity index (χ2n) is 0.894. The van der Waals surface area contributed by atoms with E-state index < -0.39 is 0 Å². The maximum atomic E-state index is 3.72. The molecular formula is C4H4N2Ru. The van der Waals surface area contributed by atoms with Crippen molar-refractivity contribution in [1.29, 1.82) is 0 Å². The zero-order chi connectivity index (χ0) is 4.24. The molecule has 38 valence electrons. The number of hydrogen-bond donors (Lipinski definition) is 0. The van der Waals surface area contributed by atoms with Gasteiger partial charge in [0.05, 0.1) is 0 Å². The third-order valence-electron chi connectivity index (χ3n) is 0.478. The SMILES string of the molecule is [Ru].c1cnccn1. The van der Waals surface area contributed by atoms with Crippen LogP contribution in [-0.4, -0.2) is 9.97 Å². The Balaban J connectivity index is 0.000000360. The summed E-state index contributed by atoms with van der Waals surface area (Å²) in [7, 11) is 0. The molecule has 0 spiro atoms. The first-order chi connectivity index (χ1) is 3.00. The van der Waals surface area contributed by atoms with Gasteiger partial charge in [0.1, 0.15) is 0 Å². The van der Waals surface area contributed by atoms with E-state index in [2.05, 4.69) is 9.97 Å². The van der Waals surface area contributed by atoms with Crippen molar-refractivity contribution in [3.8, 4) is 0 Å². The van der Waals surface area contributed by atoms with Gasteiger partial charge in [-0.05, 0) is 0 Å². The average Bonchev–Trinajstić information content (AvgIpc) is 1.72. The molecule has 0 saturated carbocycles. The molecule has 3 heteroatoms. The average molecular weight is 181 g/mol. The molecule has 0 atom stereocenters. The van der Waals surface area contributed by atoms with E-state index in [-0.39, 0.29) is 19.5 Å². The van der Waals surface area contributed by atoms with Gasteiger partial charge in [0.25, 0.3) is 0 Å². The minimum absolute atomic E-state index is 0. The van der Waals surface area contributed by atoms with Crippen molar-refractivity contribution in [3.63, 3.8) is 0 Å². The molecule has 1 rings (SSSR count). The number of hydrogen-bond acceptors (Lipinski definition) is 2. The molecule has 0 aromatic carbocycles. The fourth-order valence-electron chi connectivity index (χ4n) is 0.253. The van der Waals surface area contributed by atoms with Gasteiger partial charge in [-0.15, -0.1) is 0 Å². The molecule has 0 N–H and O–H groups in total. The van der Waals surface area contributed by atoms with Gasteiger partial charge < -0.3 is 0 Å². The Morgan fingerprint density at radius 2 is 1.00 bits per heavy atom. The minimum atomic E-state index is 0. The van der Waals surface area contributed by atoms with E-state index in [4.69, 9.17) is 0 Å². The van der Waals surface area contributed by atoms with Crippen molar-refractivity contribution in [3.05, 3.63) is 24.8 Å². The summed E-state index contributed by atoms with van der Waals surface area (Å²) in [5.41, 5.74) is 0. The van der Waals surface area contributed by atoms with Crippen LogP contribution in [0.1, 0.15) is 0 Å².